The summed E-state index contributed by atoms with van der Waals surface area (Å²) in [5, 5.41) is 3.79. The second kappa shape index (κ2) is 5.63. The zero-order valence-electron chi connectivity index (χ0n) is 10.1. The number of allylic oxidation sites excluding steroid dienone is 4. The maximum atomic E-state index is 11.8. The maximum absolute atomic E-state index is 11.8. The van der Waals surface area contributed by atoms with Crippen LogP contribution in [0.3, 0.4) is 0 Å². The highest BCUT2D eigenvalue weighted by Crippen LogP contribution is 2.13. The number of benzene rings is 1. The summed E-state index contributed by atoms with van der Waals surface area (Å²) in [6, 6.07) is 7.02. The Kier molecular flexibility index (Phi) is 3.92. The predicted octanol–water partition coefficient (Wildman–Crippen LogP) is 2.77. The van der Waals surface area contributed by atoms with Gasteiger partial charge in [0.05, 0.1) is 10.6 Å². The lowest BCUT2D eigenvalue weighted by atomic mass is 10.1. The minimum Gasteiger partial charge on any atom is -0.312 e. The van der Waals surface area contributed by atoms with Crippen LogP contribution in [0, 0.1) is 6.92 Å². The average molecular weight is 276 g/mol. The number of hydrogen-bond donors (Lipinski definition) is 0. The third-order valence-electron chi connectivity index (χ3n) is 2.51. The molecule has 0 heterocycles. The number of ketones is 1. The number of halogens is 1. The first-order valence-electron chi connectivity index (χ1n) is 5.52. The molecule has 1 aliphatic rings. The van der Waals surface area contributed by atoms with E-state index in [1.807, 2.05) is 6.07 Å². The number of nitrogens with zero attached hydrogens (tertiary/aromatic N) is 1. The van der Waals surface area contributed by atoms with Crippen LogP contribution in [0.1, 0.15) is 15.9 Å². The molecule has 19 heavy (non-hydrogen) atoms. The van der Waals surface area contributed by atoms with Gasteiger partial charge < -0.3 is 4.84 Å². The summed E-state index contributed by atoms with van der Waals surface area (Å²) in [5.41, 5.74) is 1.47. The van der Waals surface area contributed by atoms with E-state index in [1.165, 1.54) is 18.2 Å². The van der Waals surface area contributed by atoms with Crippen molar-refractivity contribution in [1.29, 1.82) is 0 Å². The highest BCUT2D eigenvalue weighted by molar-refractivity contribution is 6.48. The minimum absolute atomic E-state index is 0.144. The van der Waals surface area contributed by atoms with Gasteiger partial charge in [0.25, 0.3) is 0 Å². The highest BCUT2D eigenvalue weighted by atomic mass is 35.5. The van der Waals surface area contributed by atoms with E-state index < -0.39 is 5.97 Å². The number of aryl methyl sites for hydroxylation is 1. The summed E-state index contributed by atoms with van der Waals surface area (Å²) < 4.78 is 0. The monoisotopic (exact) mass is 275 g/mol. The van der Waals surface area contributed by atoms with E-state index in [-0.39, 0.29) is 16.5 Å². The Morgan fingerprint density at radius 1 is 1.26 bits per heavy atom. The fourth-order valence-corrected chi connectivity index (χ4v) is 1.71. The zero-order chi connectivity index (χ0) is 13.8. The molecule has 2 rings (SSSR count). The van der Waals surface area contributed by atoms with Gasteiger partial charge in [-0.2, -0.15) is 0 Å². The van der Waals surface area contributed by atoms with Crippen molar-refractivity contribution in [3.05, 3.63) is 58.7 Å². The van der Waals surface area contributed by atoms with Crippen LogP contribution in [-0.4, -0.2) is 17.5 Å². The van der Waals surface area contributed by atoms with Crippen molar-refractivity contribution in [2.75, 3.05) is 0 Å². The Morgan fingerprint density at radius 2 is 2.00 bits per heavy atom. The van der Waals surface area contributed by atoms with Gasteiger partial charge in [0.2, 0.25) is 0 Å². The quantitative estimate of drug-likeness (QED) is 0.474. The lowest BCUT2D eigenvalue weighted by Crippen LogP contribution is -2.08. The molecule has 0 saturated carbocycles. The Morgan fingerprint density at radius 3 is 2.68 bits per heavy atom. The predicted molar refractivity (Wildman–Crippen MR) is 72.1 cm³/mol. The molecule has 0 radical (unpaired) electrons. The molecule has 0 saturated heterocycles. The summed E-state index contributed by atoms with van der Waals surface area (Å²) in [7, 11) is 0. The van der Waals surface area contributed by atoms with Gasteiger partial charge in [0, 0.05) is 6.08 Å². The van der Waals surface area contributed by atoms with E-state index >= 15 is 0 Å². The van der Waals surface area contributed by atoms with E-state index in [0.29, 0.717) is 5.56 Å². The largest absolute Gasteiger partial charge is 0.366 e. The molecule has 1 aliphatic carbocycles. The fourth-order valence-electron chi connectivity index (χ4n) is 1.50. The fraction of sp³-hybridized carbons (Fsp3) is 0.0714. The molecule has 5 heteroatoms. The van der Waals surface area contributed by atoms with Crippen LogP contribution >= 0.6 is 11.6 Å². The molecule has 1 aromatic rings. The molecule has 0 fully saturated rings. The second-order valence-electron chi connectivity index (χ2n) is 3.90. The lowest BCUT2D eigenvalue weighted by Gasteiger charge is -2.04. The van der Waals surface area contributed by atoms with E-state index in [2.05, 4.69) is 5.16 Å². The molecule has 0 atom stereocenters. The van der Waals surface area contributed by atoms with Crippen LogP contribution in [0.15, 0.2) is 52.7 Å². The Bertz CT molecular complexity index is 629. The van der Waals surface area contributed by atoms with Gasteiger partial charge in [-0.25, -0.2) is 4.79 Å². The van der Waals surface area contributed by atoms with Crippen LogP contribution in [0.2, 0.25) is 0 Å². The first kappa shape index (κ1) is 13.2. The topological polar surface area (TPSA) is 55.7 Å². The van der Waals surface area contributed by atoms with E-state index in [4.69, 9.17) is 16.4 Å². The van der Waals surface area contributed by atoms with E-state index in [0.717, 1.165) is 5.56 Å². The van der Waals surface area contributed by atoms with Gasteiger partial charge in [-0.05, 0) is 30.7 Å². The summed E-state index contributed by atoms with van der Waals surface area (Å²) in [6.45, 7) is 1.80. The molecule has 4 nitrogen and oxygen atoms in total. The van der Waals surface area contributed by atoms with E-state index in [9.17, 15) is 9.59 Å². The normalized spacial score (nSPS) is 16.4. The molecule has 0 amide bonds. The molecule has 0 bridgehead atoms. The average Bonchev–Trinajstić information content (AvgIpc) is 2.38. The van der Waals surface area contributed by atoms with Crippen LogP contribution in [0.25, 0.3) is 0 Å². The summed E-state index contributed by atoms with van der Waals surface area (Å²) in [5.74, 6) is -0.797. The summed E-state index contributed by atoms with van der Waals surface area (Å²) in [6.07, 6.45) is 3.91. The Hall–Kier alpha value is -2.20. The molecular weight excluding hydrogens is 266 g/mol. The molecular formula is C14H10ClNO3. The molecule has 96 valence electrons. The standard InChI is InChI=1S/C14H10ClNO3/c1-9-4-2-3-5-11(9)14(18)19-16-13-7-6-10(17)8-12(13)15/h2-8H,1H3. The highest BCUT2D eigenvalue weighted by Gasteiger charge is 2.13. The second-order valence-corrected chi connectivity index (χ2v) is 4.31. The van der Waals surface area contributed by atoms with Crippen molar-refractivity contribution in [2.24, 2.45) is 5.16 Å². The Labute approximate surface area is 115 Å². The third kappa shape index (κ3) is 3.17. The van der Waals surface area contributed by atoms with Crippen molar-refractivity contribution in [2.45, 2.75) is 6.92 Å². The van der Waals surface area contributed by atoms with Gasteiger partial charge in [-0.1, -0.05) is 35.0 Å². The molecule has 0 N–H and O–H groups in total. The van der Waals surface area contributed by atoms with Crippen LogP contribution in [0.5, 0.6) is 0 Å². The minimum atomic E-state index is -0.569. The number of hydrogen-bond acceptors (Lipinski definition) is 4. The third-order valence-corrected chi connectivity index (χ3v) is 2.81. The number of oxime groups is 1. The summed E-state index contributed by atoms with van der Waals surface area (Å²) >= 11 is 5.81. The van der Waals surface area contributed by atoms with Gasteiger partial charge >= 0.3 is 5.97 Å². The lowest BCUT2D eigenvalue weighted by molar-refractivity contribution is -0.110. The molecule has 0 spiro atoms. The SMILES string of the molecule is Cc1ccccc1C(=O)ON=C1C=CC(=O)C=C1Cl. The first-order valence-corrected chi connectivity index (χ1v) is 5.90. The first-order chi connectivity index (χ1) is 9.08. The van der Waals surface area contributed by atoms with E-state index in [1.54, 1.807) is 25.1 Å². The van der Waals surface area contributed by atoms with Gasteiger partial charge in [-0.15, -0.1) is 0 Å². The molecule has 1 aromatic carbocycles. The van der Waals surface area contributed by atoms with Crippen LogP contribution < -0.4 is 0 Å². The number of rotatable bonds is 2. The summed E-state index contributed by atoms with van der Waals surface area (Å²) in [4.78, 5) is 27.6. The smallest absolute Gasteiger partial charge is 0.312 e. The zero-order valence-corrected chi connectivity index (χ0v) is 10.8. The maximum Gasteiger partial charge on any atom is 0.366 e. The van der Waals surface area contributed by atoms with Crippen molar-refractivity contribution in [3.63, 3.8) is 0 Å². The van der Waals surface area contributed by atoms with Crippen LogP contribution in [0.4, 0.5) is 0 Å². The van der Waals surface area contributed by atoms with Crippen LogP contribution in [-0.2, 0) is 9.63 Å². The molecule has 0 aromatic heterocycles. The van der Waals surface area contributed by atoms with Gasteiger partial charge in [0.15, 0.2) is 5.78 Å². The number of carbonyl (C=O) groups excluding carboxylic acids is 2. The van der Waals surface area contributed by atoms with Crippen molar-refractivity contribution < 1.29 is 14.4 Å². The number of carbonyl (C=O) groups is 2. The van der Waals surface area contributed by atoms with Gasteiger partial charge in [-0.3, -0.25) is 4.79 Å². The Balaban J connectivity index is 2.13. The van der Waals surface area contributed by atoms with Crippen molar-refractivity contribution in [3.8, 4) is 0 Å². The molecule has 0 unspecified atom stereocenters. The molecule has 0 aliphatic heterocycles. The van der Waals surface area contributed by atoms with Crippen molar-refractivity contribution >= 4 is 29.1 Å². The van der Waals surface area contributed by atoms with Crippen molar-refractivity contribution in [1.82, 2.24) is 0 Å². The van der Waals surface area contributed by atoms with Gasteiger partial charge in [0.1, 0.15) is 5.71 Å².